The van der Waals surface area contributed by atoms with Crippen molar-refractivity contribution in [3.63, 3.8) is 0 Å². The monoisotopic (exact) mass is 434 g/mol. The van der Waals surface area contributed by atoms with Crippen molar-refractivity contribution in [1.82, 2.24) is 19.7 Å². The van der Waals surface area contributed by atoms with Gasteiger partial charge in [-0.1, -0.05) is 0 Å². The first-order valence-electron chi connectivity index (χ1n) is 8.61. The number of nitrogens with zero attached hydrogens (tertiary/aromatic N) is 4. The van der Waals surface area contributed by atoms with Gasteiger partial charge >= 0.3 is 12.4 Å². The number of alkyl halides is 6. The molecular weight excluding hydrogens is 418 g/mol. The molecule has 1 fully saturated rings. The number of β-amino-alcohol motifs (C(OH)–C–C–N with tert-alkyl or cyclic N) is 1. The molecule has 0 bridgehead atoms. The van der Waals surface area contributed by atoms with Crippen LogP contribution in [0.1, 0.15) is 17.5 Å². The van der Waals surface area contributed by atoms with Crippen molar-refractivity contribution in [3.05, 3.63) is 41.7 Å². The predicted octanol–water partition coefficient (Wildman–Crippen LogP) is 3.27. The van der Waals surface area contributed by atoms with Crippen LogP contribution in [0.3, 0.4) is 0 Å². The molecule has 0 aliphatic carbocycles. The van der Waals surface area contributed by atoms with Gasteiger partial charge in [0.05, 0.1) is 25.1 Å². The Morgan fingerprint density at radius 2 is 1.87 bits per heavy atom. The quantitative estimate of drug-likeness (QED) is 0.593. The second-order valence-corrected chi connectivity index (χ2v) is 7.16. The van der Waals surface area contributed by atoms with Crippen LogP contribution < -0.4 is 0 Å². The lowest BCUT2D eigenvalue weighted by Gasteiger charge is -2.46. The van der Waals surface area contributed by atoms with Gasteiger partial charge in [-0.3, -0.25) is 4.79 Å². The van der Waals surface area contributed by atoms with E-state index in [0.717, 1.165) is 27.8 Å². The zero-order valence-electron chi connectivity index (χ0n) is 15.5. The van der Waals surface area contributed by atoms with Crippen molar-refractivity contribution in [2.45, 2.75) is 31.3 Å². The van der Waals surface area contributed by atoms with Crippen LogP contribution in [0.15, 0.2) is 30.6 Å². The zero-order chi connectivity index (χ0) is 22.3. The minimum absolute atomic E-state index is 0.00445. The van der Waals surface area contributed by atoms with E-state index in [4.69, 9.17) is 0 Å². The fraction of sp³-hybridized carbons (Fsp3) is 0.389. The van der Waals surface area contributed by atoms with E-state index in [0.29, 0.717) is 5.56 Å². The highest BCUT2D eigenvalue weighted by Crippen LogP contribution is 2.34. The van der Waals surface area contributed by atoms with Crippen LogP contribution in [0.2, 0.25) is 0 Å². The number of aromatic nitrogens is 3. The summed E-state index contributed by atoms with van der Waals surface area (Å²) >= 11 is 0. The minimum atomic E-state index is -4.54. The first kappa shape index (κ1) is 21.8. The number of carbonyl (C=O) groups excluding carboxylic acids is 1. The van der Waals surface area contributed by atoms with Crippen molar-refractivity contribution >= 4 is 12.1 Å². The highest BCUT2D eigenvalue weighted by molar-refractivity contribution is 5.90. The number of rotatable bonds is 4. The zero-order valence-corrected chi connectivity index (χ0v) is 15.5. The Bertz CT molecular complexity index is 974. The van der Waals surface area contributed by atoms with Crippen LogP contribution in [-0.2, 0) is 11.0 Å². The van der Waals surface area contributed by atoms with Gasteiger partial charge in [0.1, 0.15) is 11.9 Å². The normalized spacial score (nSPS) is 16.7. The highest BCUT2D eigenvalue weighted by Gasteiger charge is 2.50. The Kier molecular flexibility index (Phi) is 5.39. The van der Waals surface area contributed by atoms with Crippen molar-refractivity contribution in [1.29, 1.82) is 0 Å². The lowest BCUT2D eigenvalue weighted by atomic mass is 9.90. The molecule has 1 amide bonds. The Labute approximate surface area is 166 Å². The summed E-state index contributed by atoms with van der Waals surface area (Å²) < 4.78 is 77.1. The Hall–Kier alpha value is -2.89. The van der Waals surface area contributed by atoms with E-state index in [2.05, 4.69) is 10.1 Å². The molecule has 1 aromatic heterocycles. The minimum Gasteiger partial charge on any atom is -0.386 e. The molecule has 2 heterocycles. The van der Waals surface area contributed by atoms with Crippen LogP contribution in [0.25, 0.3) is 17.6 Å². The van der Waals surface area contributed by atoms with Gasteiger partial charge in [-0.15, -0.1) is 5.10 Å². The molecular formula is C18H16F6N4O2. The van der Waals surface area contributed by atoms with E-state index in [-0.39, 0.29) is 11.4 Å². The summed E-state index contributed by atoms with van der Waals surface area (Å²) in [7, 11) is 0. The van der Waals surface area contributed by atoms with Gasteiger partial charge in [0.25, 0.3) is 0 Å². The molecule has 0 saturated carbocycles. The van der Waals surface area contributed by atoms with Crippen molar-refractivity contribution in [2.24, 2.45) is 0 Å². The molecule has 3 rings (SSSR count). The first-order valence-corrected chi connectivity index (χ1v) is 8.61. The number of amides is 1. The Balaban J connectivity index is 1.66. The average Bonchev–Trinajstić information content (AvgIpc) is 3.03. The maximum absolute atomic E-state index is 13.0. The molecule has 1 N–H and O–H groups in total. The number of likely N-dealkylation sites (tertiary alicyclic amines) is 1. The van der Waals surface area contributed by atoms with Crippen LogP contribution in [-0.4, -0.2) is 55.5 Å². The molecule has 1 aliphatic heterocycles. The molecule has 0 unspecified atom stereocenters. The van der Waals surface area contributed by atoms with Crippen LogP contribution in [0, 0.1) is 6.92 Å². The van der Waals surface area contributed by atoms with E-state index >= 15 is 0 Å². The predicted molar refractivity (Wildman–Crippen MR) is 92.7 cm³/mol. The molecule has 1 aliphatic rings. The van der Waals surface area contributed by atoms with Gasteiger partial charge in [-0.2, -0.15) is 26.3 Å². The molecule has 12 heteroatoms. The van der Waals surface area contributed by atoms with E-state index < -0.39 is 48.9 Å². The number of aryl methyl sites for hydroxylation is 1. The van der Waals surface area contributed by atoms with Gasteiger partial charge in [0, 0.05) is 17.8 Å². The molecule has 0 atom stereocenters. The van der Waals surface area contributed by atoms with Crippen LogP contribution in [0.5, 0.6) is 0 Å². The second-order valence-electron chi connectivity index (χ2n) is 7.16. The third-order valence-electron chi connectivity index (χ3n) is 4.35. The fourth-order valence-electron chi connectivity index (χ4n) is 3.11. The Morgan fingerprint density at radius 1 is 1.20 bits per heavy atom. The summed E-state index contributed by atoms with van der Waals surface area (Å²) in [6.45, 7) is 0.588. The second kappa shape index (κ2) is 7.42. The van der Waals surface area contributed by atoms with Crippen LogP contribution in [0.4, 0.5) is 26.3 Å². The van der Waals surface area contributed by atoms with Gasteiger partial charge < -0.3 is 10.0 Å². The highest BCUT2D eigenvalue weighted by atomic mass is 19.4. The third-order valence-corrected chi connectivity index (χ3v) is 4.35. The smallest absolute Gasteiger partial charge is 0.386 e. The number of carbonyl (C=O) groups is 1. The SMILES string of the molecule is Cc1cc(-c2ncn(/C=C\C(=O)N3CC(O)(CC(F)(F)F)C3)n2)cc(C(F)(F)F)c1. The number of benzene rings is 1. The first-order chi connectivity index (χ1) is 13.7. The molecule has 1 saturated heterocycles. The van der Waals surface area contributed by atoms with E-state index in [1.165, 1.54) is 25.5 Å². The summed E-state index contributed by atoms with van der Waals surface area (Å²) in [4.78, 5) is 16.9. The molecule has 6 nitrogen and oxygen atoms in total. The summed E-state index contributed by atoms with van der Waals surface area (Å²) in [6, 6.07) is 3.38. The largest absolute Gasteiger partial charge is 0.416 e. The number of halogens is 6. The average molecular weight is 434 g/mol. The van der Waals surface area contributed by atoms with E-state index in [1.54, 1.807) is 0 Å². The number of hydrogen-bond acceptors (Lipinski definition) is 4. The summed E-state index contributed by atoms with van der Waals surface area (Å²) in [5.74, 6) is -0.640. The number of aliphatic hydroxyl groups is 1. The van der Waals surface area contributed by atoms with Gasteiger partial charge in [-0.25, -0.2) is 9.67 Å². The van der Waals surface area contributed by atoms with Crippen molar-refractivity contribution in [2.75, 3.05) is 13.1 Å². The Morgan fingerprint density at radius 3 is 2.47 bits per heavy atom. The van der Waals surface area contributed by atoms with E-state index in [9.17, 15) is 36.2 Å². The summed E-state index contributed by atoms with van der Waals surface area (Å²) in [5.41, 5.74) is -2.33. The number of hydrogen-bond donors (Lipinski definition) is 1. The maximum atomic E-state index is 13.0. The van der Waals surface area contributed by atoms with Crippen LogP contribution >= 0.6 is 0 Å². The van der Waals surface area contributed by atoms with Gasteiger partial charge in [0.2, 0.25) is 5.91 Å². The molecule has 0 radical (unpaired) electrons. The molecule has 2 aromatic rings. The maximum Gasteiger partial charge on any atom is 0.416 e. The molecule has 30 heavy (non-hydrogen) atoms. The topological polar surface area (TPSA) is 71.2 Å². The summed E-state index contributed by atoms with van der Waals surface area (Å²) in [6.07, 6.45) is -7.12. The van der Waals surface area contributed by atoms with Crippen molar-refractivity contribution in [3.8, 4) is 11.4 Å². The third kappa shape index (κ3) is 5.17. The standard InChI is InChI=1S/C18H16F6N4O2/c1-11-4-12(6-13(5-11)18(22,23)24)15-25-10-28(26-15)3-2-14(29)27-8-16(30,9-27)7-17(19,20)21/h2-6,10,30H,7-9H2,1H3/b3-2-. The van der Waals surface area contributed by atoms with Gasteiger partial charge in [0.15, 0.2) is 5.82 Å². The van der Waals surface area contributed by atoms with Gasteiger partial charge in [-0.05, 0) is 30.7 Å². The fourth-order valence-corrected chi connectivity index (χ4v) is 3.11. The lowest BCUT2D eigenvalue weighted by molar-refractivity contribution is -0.208. The van der Waals surface area contributed by atoms with E-state index in [1.807, 2.05) is 0 Å². The molecule has 162 valence electrons. The molecule has 1 aromatic carbocycles. The molecule has 0 spiro atoms. The lowest BCUT2D eigenvalue weighted by Crippen LogP contribution is -2.64. The van der Waals surface area contributed by atoms with Crippen molar-refractivity contribution < 1.29 is 36.2 Å². The summed E-state index contributed by atoms with van der Waals surface area (Å²) in [5, 5.41) is 13.7.